The summed E-state index contributed by atoms with van der Waals surface area (Å²) >= 11 is 0. The molecule has 0 saturated carbocycles. The molecule has 0 aliphatic carbocycles. The van der Waals surface area contributed by atoms with Gasteiger partial charge >= 0.3 is 0 Å². The first-order valence-corrected chi connectivity index (χ1v) is 7.43. The molecule has 0 amide bonds. The fourth-order valence-electron chi connectivity index (χ4n) is 0.941. The van der Waals surface area contributed by atoms with Gasteiger partial charge in [-0.15, -0.1) is 0 Å². The third-order valence-electron chi connectivity index (χ3n) is 1.26. The molecule has 0 heterocycles. The second-order valence-electron chi connectivity index (χ2n) is 3.82. The summed E-state index contributed by atoms with van der Waals surface area (Å²) in [4.78, 5) is 0. The Morgan fingerprint density at radius 2 is 1.46 bits per heavy atom. The molecule has 72 valence electrons. The first-order valence-electron chi connectivity index (χ1n) is 4.02. The van der Waals surface area contributed by atoms with E-state index in [1.54, 1.807) is 0 Å². The fourth-order valence-corrected chi connectivity index (χ4v) is 1.77. The monoisotopic (exact) mass is 202 g/mol. The van der Waals surface area contributed by atoms with Crippen LogP contribution in [0.4, 0.5) is 8.78 Å². The molecule has 0 atom stereocenters. The summed E-state index contributed by atoms with van der Waals surface area (Å²) in [5.74, 6) is -0.932. The van der Waals surface area contributed by atoms with Gasteiger partial charge in [0, 0.05) is 18.2 Å². The van der Waals surface area contributed by atoms with Crippen LogP contribution in [-0.4, -0.2) is 8.32 Å². The second-order valence-corrected chi connectivity index (χ2v) is 8.25. The zero-order valence-electron chi connectivity index (χ0n) is 7.90. The van der Waals surface area contributed by atoms with Crippen LogP contribution in [0.1, 0.15) is 0 Å². The van der Waals surface area contributed by atoms with Crippen molar-refractivity contribution in [2.75, 3.05) is 0 Å². The highest BCUT2D eigenvalue weighted by molar-refractivity contribution is 6.70. The Balaban J connectivity index is 2.90. The van der Waals surface area contributed by atoms with Crippen LogP contribution in [0.2, 0.25) is 19.6 Å². The minimum atomic E-state index is -1.78. The number of benzene rings is 1. The van der Waals surface area contributed by atoms with Crippen LogP contribution in [0.15, 0.2) is 18.2 Å². The van der Waals surface area contributed by atoms with Gasteiger partial charge in [-0.3, -0.25) is 0 Å². The van der Waals surface area contributed by atoms with E-state index >= 15 is 0 Å². The van der Waals surface area contributed by atoms with Crippen molar-refractivity contribution >= 4 is 8.32 Å². The van der Waals surface area contributed by atoms with E-state index in [0.717, 1.165) is 6.07 Å². The molecule has 0 bridgehead atoms. The van der Waals surface area contributed by atoms with Crippen molar-refractivity contribution in [3.8, 4) is 5.75 Å². The van der Waals surface area contributed by atoms with Crippen molar-refractivity contribution in [1.82, 2.24) is 0 Å². The highest BCUT2D eigenvalue weighted by Crippen LogP contribution is 2.18. The van der Waals surface area contributed by atoms with E-state index in [1.807, 2.05) is 19.6 Å². The normalized spacial score (nSPS) is 11.5. The lowest BCUT2D eigenvalue weighted by atomic mass is 10.3. The summed E-state index contributed by atoms with van der Waals surface area (Å²) in [5, 5.41) is 0. The van der Waals surface area contributed by atoms with E-state index < -0.39 is 20.0 Å². The molecule has 1 aromatic rings. The maximum absolute atomic E-state index is 12.7. The topological polar surface area (TPSA) is 9.23 Å². The summed E-state index contributed by atoms with van der Waals surface area (Å²) in [5.41, 5.74) is 0. The van der Waals surface area contributed by atoms with Gasteiger partial charge in [0.15, 0.2) is 0 Å². The molecule has 4 heteroatoms. The first kappa shape index (κ1) is 10.2. The molecule has 0 fully saturated rings. The molecule has 0 saturated heterocycles. The molecule has 1 aromatic carbocycles. The molecule has 0 radical (unpaired) electrons. The van der Waals surface area contributed by atoms with Crippen LogP contribution in [0.25, 0.3) is 0 Å². The van der Waals surface area contributed by atoms with Gasteiger partial charge in [-0.2, -0.15) is 0 Å². The van der Waals surface area contributed by atoms with Gasteiger partial charge in [-0.25, -0.2) is 8.78 Å². The van der Waals surface area contributed by atoms with Crippen LogP contribution >= 0.6 is 0 Å². The average Bonchev–Trinajstić information content (AvgIpc) is 1.78. The summed E-state index contributed by atoms with van der Waals surface area (Å²) in [6.45, 7) is 5.86. The zero-order valence-corrected chi connectivity index (χ0v) is 8.90. The molecular weight excluding hydrogens is 190 g/mol. The van der Waals surface area contributed by atoms with E-state index in [9.17, 15) is 8.78 Å². The maximum Gasteiger partial charge on any atom is 0.242 e. The molecule has 0 aromatic heterocycles. The van der Waals surface area contributed by atoms with Crippen molar-refractivity contribution in [3.63, 3.8) is 0 Å². The Labute approximate surface area is 77.5 Å². The quantitative estimate of drug-likeness (QED) is 0.669. The zero-order chi connectivity index (χ0) is 10.1. The van der Waals surface area contributed by atoms with Crippen LogP contribution in [-0.2, 0) is 0 Å². The van der Waals surface area contributed by atoms with Gasteiger partial charge in [-0.05, 0) is 19.6 Å². The maximum atomic E-state index is 12.7. The number of halogens is 2. The summed E-state index contributed by atoms with van der Waals surface area (Å²) in [6, 6.07) is 3.22. The van der Waals surface area contributed by atoms with E-state index in [4.69, 9.17) is 4.43 Å². The third-order valence-corrected chi connectivity index (χ3v) is 2.11. The van der Waals surface area contributed by atoms with Crippen molar-refractivity contribution in [3.05, 3.63) is 29.8 Å². The molecule has 0 spiro atoms. The van der Waals surface area contributed by atoms with E-state index in [-0.39, 0.29) is 5.75 Å². The smallest absolute Gasteiger partial charge is 0.242 e. The van der Waals surface area contributed by atoms with Gasteiger partial charge in [0.25, 0.3) is 0 Å². The Morgan fingerprint density at radius 3 is 1.85 bits per heavy atom. The van der Waals surface area contributed by atoms with Crippen molar-refractivity contribution in [2.45, 2.75) is 19.6 Å². The van der Waals surface area contributed by atoms with Gasteiger partial charge in [0.05, 0.1) is 0 Å². The van der Waals surface area contributed by atoms with Gasteiger partial charge < -0.3 is 4.43 Å². The molecular formula is C9H12F2OSi. The van der Waals surface area contributed by atoms with Crippen molar-refractivity contribution < 1.29 is 13.2 Å². The first-order chi connectivity index (χ1) is 5.87. The molecule has 0 aliphatic rings. The molecule has 0 unspecified atom stereocenters. The Kier molecular flexibility index (Phi) is 2.70. The Morgan fingerprint density at radius 1 is 1.00 bits per heavy atom. The third kappa shape index (κ3) is 3.54. The predicted molar refractivity (Wildman–Crippen MR) is 50.3 cm³/mol. The second kappa shape index (κ2) is 3.45. The van der Waals surface area contributed by atoms with Crippen molar-refractivity contribution in [1.29, 1.82) is 0 Å². The molecule has 1 rings (SSSR count). The van der Waals surface area contributed by atoms with E-state index in [0.29, 0.717) is 0 Å². The number of rotatable bonds is 2. The van der Waals surface area contributed by atoms with Crippen LogP contribution < -0.4 is 4.43 Å². The summed E-state index contributed by atoms with van der Waals surface area (Å²) in [7, 11) is -1.78. The Hall–Kier alpha value is -0.903. The standard InChI is InChI=1S/C9H12F2OSi/c1-13(2,3)12-9-5-7(10)4-8(11)6-9/h4-6H,1-3H3. The fraction of sp³-hybridized carbons (Fsp3) is 0.333. The molecule has 13 heavy (non-hydrogen) atoms. The van der Waals surface area contributed by atoms with Crippen LogP contribution in [0.3, 0.4) is 0 Å². The summed E-state index contributed by atoms with van der Waals surface area (Å²) in [6.07, 6.45) is 0. The minimum absolute atomic E-state index is 0.275. The highest BCUT2D eigenvalue weighted by atomic mass is 28.4. The summed E-state index contributed by atoms with van der Waals surface area (Å²) < 4.78 is 30.8. The van der Waals surface area contributed by atoms with Gasteiger partial charge in [0.2, 0.25) is 8.32 Å². The lowest BCUT2D eigenvalue weighted by molar-refractivity contribution is 0.525. The van der Waals surface area contributed by atoms with Crippen LogP contribution in [0, 0.1) is 11.6 Å². The van der Waals surface area contributed by atoms with E-state index in [1.165, 1.54) is 12.1 Å². The average molecular weight is 202 g/mol. The van der Waals surface area contributed by atoms with E-state index in [2.05, 4.69) is 0 Å². The lowest BCUT2D eigenvalue weighted by Crippen LogP contribution is -2.29. The minimum Gasteiger partial charge on any atom is -0.544 e. The largest absolute Gasteiger partial charge is 0.544 e. The molecule has 0 aliphatic heterocycles. The number of hydrogen-bond donors (Lipinski definition) is 0. The van der Waals surface area contributed by atoms with Gasteiger partial charge in [-0.1, -0.05) is 0 Å². The highest BCUT2D eigenvalue weighted by Gasteiger charge is 2.16. The Bertz CT molecular complexity index is 287. The predicted octanol–water partition coefficient (Wildman–Crippen LogP) is 3.18. The van der Waals surface area contributed by atoms with Crippen LogP contribution in [0.5, 0.6) is 5.75 Å². The molecule has 1 nitrogen and oxygen atoms in total. The lowest BCUT2D eigenvalue weighted by Gasteiger charge is -2.18. The SMILES string of the molecule is C[Si](C)(C)Oc1cc(F)cc(F)c1. The number of hydrogen-bond acceptors (Lipinski definition) is 1. The molecule has 0 N–H and O–H groups in total. The van der Waals surface area contributed by atoms with Crippen molar-refractivity contribution in [2.24, 2.45) is 0 Å². The van der Waals surface area contributed by atoms with Gasteiger partial charge in [0.1, 0.15) is 17.4 Å².